The molecule has 0 saturated carbocycles. The molecule has 0 saturated heterocycles. The number of imidazole rings is 1. The van der Waals surface area contributed by atoms with Crippen LogP contribution in [0.5, 0.6) is 0 Å². The van der Waals surface area contributed by atoms with Crippen LogP contribution < -0.4 is 0 Å². The number of nitrogens with zero attached hydrogens (tertiary/aromatic N) is 4. The molecule has 0 fully saturated rings. The summed E-state index contributed by atoms with van der Waals surface area (Å²) in [4.78, 5) is 9.39. The van der Waals surface area contributed by atoms with Crippen LogP contribution in [0.3, 0.4) is 0 Å². The normalized spacial score (nSPS) is 14.4. The summed E-state index contributed by atoms with van der Waals surface area (Å²) >= 11 is -1.30. The minimum atomic E-state index is -1.30. The summed E-state index contributed by atoms with van der Waals surface area (Å²) in [7, 11) is 0. The molecule has 0 aliphatic heterocycles. The molecule has 2 aromatic heterocycles. The van der Waals surface area contributed by atoms with Gasteiger partial charge in [-0.3, -0.25) is 4.40 Å². The van der Waals surface area contributed by atoms with Gasteiger partial charge in [0.25, 0.3) is 0 Å². The van der Waals surface area contributed by atoms with Crippen molar-refractivity contribution in [2.75, 3.05) is 0 Å². The summed E-state index contributed by atoms with van der Waals surface area (Å²) in [6.07, 6.45) is 4.55. The Bertz CT molecular complexity index is 969. The highest BCUT2D eigenvalue weighted by Crippen LogP contribution is 2.26. The van der Waals surface area contributed by atoms with Crippen LogP contribution in [0.2, 0.25) is 0 Å². The minimum absolute atomic E-state index is 0.390. The SMILES string of the molecule is CCc1nc2c(/C(C)=N\[S@+]([O-])C(C)(C)C)cc(C)cc2c2nccn12. The molecule has 0 N–H and O–H groups in total. The van der Waals surface area contributed by atoms with Crippen molar-refractivity contribution >= 4 is 33.6 Å². The monoisotopic (exact) mass is 356 g/mol. The summed E-state index contributed by atoms with van der Waals surface area (Å²) in [5.74, 6) is 0.954. The van der Waals surface area contributed by atoms with E-state index >= 15 is 0 Å². The fourth-order valence-corrected chi connectivity index (χ4v) is 3.42. The van der Waals surface area contributed by atoms with Crippen LogP contribution in [-0.4, -0.2) is 29.4 Å². The second-order valence-electron chi connectivity index (χ2n) is 7.25. The molecule has 0 bridgehead atoms. The largest absolute Gasteiger partial charge is 0.591 e. The number of benzene rings is 1. The molecule has 3 aromatic rings. The highest BCUT2D eigenvalue weighted by Gasteiger charge is 2.27. The van der Waals surface area contributed by atoms with Crippen molar-refractivity contribution in [3.63, 3.8) is 0 Å². The molecule has 1 atom stereocenters. The lowest BCUT2D eigenvalue weighted by molar-refractivity contribution is 0.561. The van der Waals surface area contributed by atoms with Crippen molar-refractivity contribution in [3.8, 4) is 0 Å². The second kappa shape index (κ2) is 6.42. The van der Waals surface area contributed by atoms with E-state index in [9.17, 15) is 4.55 Å². The van der Waals surface area contributed by atoms with E-state index in [-0.39, 0.29) is 4.75 Å². The average molecular weight is 356 g/mol. The van der Waals surface area contributed by atoms with Gasteiger partial charge in [-0.1, -0.05) is 11.3 Å². The van der Waals surface area contributed by atoms with Gasteiger partial charge in [0.2, 0.25) is 0 Å². The molecule has 2 heterocycles. The number of aryl methyl sites for hydroxylation is 2. The van der Waals surface area contributed by atoms with Gasteiger partial charge < -0.3 is 4.55 Å². The fourth-order valence-electron chi connectivity index (χ4n) is 2.80. The van der Waals surface area contributed by atoms with Gasteiger partial charge in [0.15, 0.2) is 0 Å². The molecule has 0 spiro atoms. The Labute approximate surface area is 151 Å². The Balaban J connectivity index is 2.30. The predicted molar refractivity (Wildman–Crippen MR) is 105 cm³/mol. The average Bonchev–Trinajstić information content (AvgIpc) is 3.02. The van der Waals surface area contributed by atoms with E-state index < -0.39 is 11.4 Å². The van der Waals surface area contributed by atoms with Crippen molar-refractivity contribution in [1.29, 1.82) is 0 Å². The lowest BCUT2D eigenvalue weighted by atomic mass is 10.0. The zero-order chi connectivity index (χ0) is 18.4. The molecule has 25 heavy (non-hydrogen) atoms. The summed E-state index contributed by atoms with van der Waals surface area (Å²) in [5.41, 5.74) is 4.54. The lowest BCUT2D eigenvalue weighted by Crippen LogP contribution is -2.26. The van der Waals surface area contributed by atoms with E-state index in [1.807, 2.05) is 45.2 Å². The number of rotatable bonds is 3. The molecule has 0 amide bonds. The van der Waals surface area contributed by atoms with E-state index in [1.165, 1.54) is 0 Å². The van der Waals surface area contributed by atoms with Crippen molar-refractivity contribution in [2.45, 2.75) is 52.7 Å². The molecule has 3 rings (SSSR count). The van der Waals surface area contributed by atoms with Crippen LogP contribution in [0, 0.1) is 6.92 Å². The maximum absolute atomic E-state index is 12.5. The molecule has 0 unspecified atom stereocenters. The summed E-state index contributed by atoms with van der Waals surface area (Å²) in [6.45, 7) is 11.8. The van der Waals surface area contributed by atoms with E-state index in [1.54, 1.807) is 6.20 Å². The van der Waals surface area contributed by atoms with Gasteiger partial charge in [-0.2, -0.15) is 0 Å². The predicted octanol–water partition coefficient (Wildman–Crippen LogP) is 4.02. The molecule has 0 aliphatic rings. The summed E-state index contributed by atoms with van der Waals surface area (Å²) < 4.78 is 18.5. The third-order valence-electron chi connectivity index (χ3n) is 4.10. The molecule has 132 valence electrons. The van der Waals surface area contributed by atoms with Crippen LogP contribution >= 0.6 is 0 Å². The van der Waals surface area contributed by atoms with Crippen LogP contribution in [0.4, 0.5) is 0 Å². The van der Waals surface area contributed by atoms with E-state index in [0.29, 0.717) is 0 Å². The fraction of sp³-hybridized carbons (Fsp3) is 0.421. The quantitative estimate of drug-likeness (QED) is 0.526. The minimum Gasteiger partial charge on any atom is -0.591 e. The first-order valence-corrected chi connectivity index (χ1v) is 9.57. The van der Waals surface area contributed by atoms with Gasteiger partial charge >= 0.3 is 0 Å². The summed E-state index contributed by atoms with van der Waals surface area (Å²) in [6, 6.07) is 4.16. The zero-order valence-electron chi connectivity index (χ0n) is 15.6. The topological polar surface area (TPSA) is 65.6 Å². The maximum atomic E-state index is 12.5. The third-order valence-corrected chi connectivity index (χ3v) is 5.59. The van der Waals surface area contributed by atoms with Crippen molar-refractivity contribution < 1.29 is 4.55 Å². The van der Waals surface area contributed by atoms with Crippen LogP contribution in [0.25, 0.3) is 16.6 Å². The molecule has 6 heteroatoms. The lowest BCUT2D eigenvalue weighted by Gasteiger charge is -2.19. The first-order chi connectivity index (χ1) is 11.7. The summed E-state index contributed by atoms with van der Waals surface area (Å²) in [5, 5.41) is 0.994. The first-order valence-electron chi connectivity index (χ1n) is 8.46. The van der Waals surface area contributed by atoms with Gasteiger partial charge in [-0.15, -0.1) is 0 Å². The zero-order valence-corrected chi connectivity index (χ0v) is 16.4. The van der Waals surface area contributed by atoms with Gasteiger partial charge in [-0.05, 0) is 52.3 Å². The Morgan fingerprint density at radius 2 is 2.04 bits per heavy atom. The smallest absolute Gasteiger partial charge is 0.147 e. The molecular weight excluding hydrogens is 332 g/mol. The van der Waals surface area contributed by atoms with Crippen LogP contribution in [0.15, 0.2) is 28.9 Å². The molecule has 1 aromatic carbocycles. The Morgan fingerprint density at radius 3 is 2.68 bits per heavy atom. The highest BCUT2D eigenvalue weighted by atomic mass is 32.2. The van der Waals surface area contributed by atoms with Crippen LogP contribution in [0.1, 0.15) is 51.6 Å². The Kier molecular flexibility index (Phi) is 4.60. The number of aromatic nitrogens is 3. The van der Waals surface area contributed by atoms with E-state index in [2.05, 4.69) is 28.4 Å². The third kappa shape index (κ3) is 3.28. The molecular formula is C19H24N4OS. The van der Waals surface area contributed by atoms with Gasteiger partial charge in [0.05, 0.1) is 11.2 Å². The number of hydrogen-bond donors (Lipinski definition) is 0. The van der Waals surface area contributed by atoms with Crippen molar-refractivity contribution in [1.82, 2.24) is 14.4 Å². The number of hydrogen-bond acceptors (Lipinski definition) is 4. The molecule has 0 aliphatic carbocycles. The Hall–Kier alpha value is -1.92. The molecule has 5 nitrogen and oxygen atoms in total. The standard InChI is InChI=1S/C19H24N4OS/c1-7-16-21-17-14(13(3)22-25(24)19(4,5)6)10-12(2)11-15(17)18-20-8-9-23(16)18/h8-11H,7H2,1-6H3/b22-13-/t25-/m1/s1. The van der Waals surface area contributed by atoms with Gasteiger partial charge in [0, 0.05) is 29.8 Å². The van der Waals surface area contributed by atoms with Gasteiger partial charge in [-0.25, -0.2) is 9.97 Å². The number of fused-ring (bicyclic) bond motifs is 3. The maximum Gasteiger partial charge on any atom is 0.147 e. The van der Waals surface area contributed by atoms with Gasteiger partial charge in [0.1, 0.15) is 27.6 Å². The first kappa shape index (κ1) is 17.9. The van der Waals surface area contributed by atoms with E-state index in [4.69, 9.17) is 4.98 Å². The highest BCUT2D eigenvalue weighted by molar-refractivity contribution is 7.91. The second-order valence-corrected chi connectivity index (χ2v) is 9.15. The molecule has 0 radical (unpaired) electrons. The van der Waals surface area contributed by atoms with Crippen molar-refractivity contribution in [3.05, 3.63) is 41.5 Å². The Morgan fingerprint density at radius 1 is 1.32 bits per heavy atom. The van der Waals surface area contributed by atoms with E-state index in [0.717, 1.165) is 45.6 Å². The van der Waals surface area contributed by atoms with Crippen LogP contribution in [-0.2, 0) is 17.8 Å². The van der Waals surface area contributed by atoms with Crippen molar-refractivity contribution in [2.24, 2.45) is 4.40 Å².